The van der Waals surface area contributed by atoms with E-state index in [0.717, 1.165) is 21.0 Å². The smallest absolute Gasteiger partial charge is 0.264 e. The lowest BCUT2D eigenvalue weighted by atomic mass is 10.0. The molecule has 0 radical (unpaired) electrons. The van der Waals surface area contributed by atoms with Crippen molar-refractivity contribution < 1.29 is 13.2 Å². The predicted molar refractivity (Wildman–Crippen MR) is 126 cm³/mol. The lowest BCUT2D eigenvalue weighted by Gasteiger charge is -2.24. The van der Waals surface area contributed by atoms with Crippen molar-refractivity contribution in [2.45, 2.75) is 38.5 Å². The van der Waals surface area contributed by atoms with Crippen LogP contribution in [0, 0.1) is 13.8 Å². The minimum absolute atomic E-state index is 0.141. The van der Waals surface area contributed by atoms with Gasteiger partial charge in [0.25, 0.3) is 10.0 Å². The van der Waals surface area contributed by atoms with Crippen molar-refractivity contribution >= 4 is 27.3 Å². The van der Waals surface area contributed by atoms with Gasteiger partial charge < -0.3 is 5.32 Å². The van der Waals surface area contributed by atoms with Crippen LogP contribution in [0.5, 0.6) is 0 Å². The maximum Gasteiger partial charge on any atom is 0.264 e. The van der Waals surface area contributed by atoms with Crippen LogP contribution in [0.25, 0.3) is 0 Å². The number of sulfonamides is 1. The zero-order valence-corrected chi connectivity index (χ0v) is 19.1. The third-order valence-corrected chi connectivity index (χ3v) is 6.91. The van der Waals surface area contributed by atoms with Gasteiger partial charge in [-0.15, -0.1) is 0 Å². The molecule has 0 aliphatic heterocycles. The Bertz CT molecular complexity index is 1160. The van der Waals surface area contributed by atoms with E-state index in [1.807, 2.05) is 44.2 Å². The van der Waals surface area contributed by atoms with Gasteiger partial charge in [-0.3, -0.25) is 9.10 Å². The number of carbonyl (C=O) groups is 1. The first-order valence-electron chi connectivity index (χ1n) is 10.2. The van der Waals surface area contributed by atoms with Crippen LogP contribution in [-0.4, -0.2) is 20.9 Å². The van der Waals surface area contributed by atoms with Crippen molar-refractivity contribution in [2.24, 2.45) is 0 Å². The molecule has 0 saturated heterocycles. The topological polar surface area (TPSA) is 66.5 Å². The number of carbonyl (C=O) groups excluding carboxylic acids is 1. The average Bonchev–Trinajstić information content (AvgIpc) is 2.74. The Morgan fingerprint density at radius 1 is 0.935 bits per heavy atom. The number of hydrogen-bond acceptors (Lipinski definition) is 3. The lowest BCUT2D eigenvalue weighted by molar-refractivity contribution is -0.114. The zero-order valence-electron chi connectivity index (χ0n) is 18.3. The van der Waals surface area contributed by atoms with Crippen LogP contribution in [-0.2, 0) is 14.8 Å². The average molecular weight is 437 g/mol. The third kappa shape index (κ3) is 5.33. The molecule has 31 heavy (non-hydrogen) atoms. The molecule has 0 bridgehead atoms. The molecular weight excluding hydrogens is 408 g/mol. The van der Waals surface area contributed by atoms with E-state index >= 15 is 0 Å². The van der Waals surface area contributed by atoms with Crippen molar-refractivity contribution in [2.75, 3.05) is 16.2 Å². The molecule has 5 nitrogen and oxygen atoms in total. The minimum atomic E-state index is -3.92. The molecule has 0 fully saturated rings. The molecule has 0 aliphatic rings. The maximum atomic E-state index is 13.4. The molecule has 0 aliphatic carbocycles. The van der Waals surface area contributed by atoms with E-state index in [4.69, 9.17) is 0 Å². The molecule has 3 aromatic carbocycles. The number of aryl methyl sites for hydroxylation is 2. The SMILES string of the molecule is Cc1ccc(NC(=O)CN(c2ccc(C(C)C)cc2)S(=O)(=O)c2ccccc2)c(C)c1. The number of anilines is 2. The summed E-state index contributed by atoms with van der Waals surface area (Å²) >= 11 is 0. The molecule has 0 spiro atoms. The zero-order chi connectivity index (χ0) is 22.6. The largest absolute Gasteiger partial charge is 0.324 e. The van der Waals surface area contributed by atoms with Gasteiger partial charge in [0.05, 0.1) is 10.6 Å². The van der Waals surface area contributed by atoms with Gasteiger partial charge >= 0.3 is 0 Å². The fourth-order valence-corrected chi connectivity index (χ4v) is 4.78. The van der Waals surface area contributed by atoms with E-state index < -0.39 is 15.9 Å². The summed E-state index contributed by atoms with van der Waals surface area (Å²) in [6.07, 6.45) is 0. The van der Waals surface area contributed by atoms with Crippen molar-refractivity contribution in [1.82, 2.24) is 0 Å². The van der Waals surface area contributed by atoms with Gasteiger partial charge in [-0.2, -0.15) is 0 Å². The van der Waals surface area contributed by atoms with Crippen molar-refractivity contribution in [3.8, 4) is 0 Å². The third-order valence-electron chi connectivity index (χ3n) is 5.12. The highest BCUT2D eigenvalue weighted by Gasteiger charge is 2.27. The quantitative estimate of drug-likeness (QED) is 0.549. The first-order chi connectivity index (χ1) is 14.7. The fraction of sp³-hybridized carbons (Fsp3) is 0.240. The van der Waals surface area contributed by atoms with Crippen LogP contribution >= 0.6 is 0 Å². The molecule has 0 saturated carbocycles. The molecule has 0 heterocycles. The summed E-state index contributed by atoms with van der Waals surface area (Å²) in [4.78, 5) is 13.0. The van der Waals surface area contributed by atoms with Crippen LogP contribution in [0.3, 0.4) is 0 Å². The van der Waals surface area contributed by atoms with E-state index in [1.54, 1.807) is 30.3 Å². The van der Waals surface area contributed by atoms with E-state index in [-0.39, 0.29) is 11.4 Å². The Morgan fingerprint density at radius 2 is 1.58 bits per heavy atom. The van der Waals surface area contributed by atoms with Gasteiger partial charge in [-0.1, -0.05) is 61.9 Å². The Labute approximate surface area is 184 Å². The second-order valence-electron chi connectivity index (χ2n) is 7.94. The minimum Gasteiger partial charge on any atom is -0.324 e. The summed E-state index contributed by atoms with van der Waals surface area (Å²) in [6, 6.07) is 21.2. The lowest BCUT2D eigenvalue weighted by Crippen LogP contribution is -2.38. The Hall–Kier alpha value is -3.12. The van der Waals surface area contributed by atoms with Crippen molar-refractivity contribution in [3.05, 3.63) is 89.5 Å². The molecule has 0 atom stereocenters. The Kier molecular flexibility index (Phi) is 6.81. The molecule has 1 N–H and O–H groups in total. The van der Waals surface area contributed by atoms with E-state index in [1.165, 1.54) is 12.1 Å². The molecule has 3 rings (SSSR count). The van der Waals surface area contributed by atoms with Gasteiger partial charge in [-0.05, 0) is 61.2 Å². The molecular formula is C25H28N2O3S. The summed E-state index contributed by atoms with van der Waals surface area (Å²) in [5, 5.41) is 2.85. The number of amides is 1. The molecule has 1 amide bonds. The number of nitrogens with one attached hydrogen (secondary N) is 1. The van der Waals surface area contributed by atoms with E-state index in [0.29, 0.717) is 17.3 Å². The summed E-state index contributed by atoms with van der Waals surface area (Å²) in [7, 11) is -3.92. The Balaban J connectivity index is 1.94. The maximum absolute atomic E-state index is 13.4. The number of rotatable bonds is 7. The first kappa shape index (κ1) is 22.6. The molecule has 0 unspecified atom stereocenters. The van der Waals surface area contributed by atoms with Gasteiger partial charge in [0, 0.05) is 5.69 Å². The molecule has 3 aromatic rings. The monoisotopic (exact) mass is 436 g/mol. The predicted octanol–water partition coefficient (Wildman–Crippen LogP) is 5.26. The van der Waals surface area contributed by atoms with Gasteiger partial charge in [-0.25, -0.2) is 8.42 Å². The second kappa shape index (κ2) is 9.35. The highest BCUT2D eigenvalue weighted by atomic mass is 32.2. The summed E-state index contributed by atoms with van der Waals surface area (Å²) in [5.74, 6) is -0.0829. The summed E-state index contributed by atoms with van der Waals surface area (Å²) in [5.41, 5.74) is 4.23. The normalized spacial score (nSPS) is 11.4. The number of nitrogens with zero attached hydrogens (tertiary/aromatic N) is 1. The summed E-state index contributed by atoms with van der Waals surface area (Å²) < 4.78 is 28.0. The number of hydrogen-bond donors (Lipinski definition) is 1. The van der Waals surface area contributed by atoms with Crippen LogP contribution in [0.4, 0.5) is 11.4 Å². The standard InChI is InChI=1S/C25H28N2O3S/c1-18(2)21-11-13-22(14-12-21)27(31(29,30)23-8-6-5-7-9-23)17-25(28)26-24-15-10-19(3)16-20(24)4/h5-16,18H,17H2,1-4H3,(H,26,28). The van der Waals surface area contributed by atoms with Crippen LogP contribution in [0.1, 0.15) is 36.5 Å². The number of benzene rings is 3. The molecule has 162 valence electrons. The molecule has 0 aromatic heterocycles. The van der Waals surface area contributed by atoms with Gasteiger partial charge in [0.15, 0.2) is 0 Å². The first-order valence-corrected chi connectivity index (χ1v) is 11.7. The highest BCUT2D eigenvalue weighted by Crippen LogP contribution is 2.26. The van der Waals surface area contributed by atoms with Gasteiger partial charge in [0.2, 0.25) is 5.91 Å². The fourth-order valence-electron chi connectivity index (χ4n) is 3.33. The van der Waals surface area contributed by atoms with Crippen LogP contribution < -0.4 is 9.62 Å². The van der Waals surface area contributed by atoms with Gasteiger partial charge in [0.1, 0.15) is 6.54 Å². The highest BCUT2D eigenvalue weighted by molar-refractivity contribution is 7.92. The van der Waals surface area contributed by atoms with Crippen LogP contribution in [0.15, 0.2) is 77.7 Å². The van der Waals surface area contributed by atoms with E-state index in [9.17, 15) is 13.2 Å². The van der Waals surface area contributed by atoms with E-state index in [2.05, 4.69) is 19.2 Å². The summed E-state index contributed by atoms with van der Waals surface area (Å²) in [6.45, 7) is 7.71. The Morgan fingerprint density at radius 3 is 2.16 bits per heavy atom. The van der Waals surface area contributed by atoms with Crippen LogP contribution in [0.2, 0.25) is 0 Å². The second-order valence-corrected chi connectivity index (χ2v) is 9.80. The van der Waals surface area contributed by atoms with Crippen molar-refractivity contribution in [3.63, 3.8) is 0 Å². The van der Waals surface area contributed by atoms with Crippen molar-refractivity contribution in [1.29, 1.82) is 0 Å². The molecule has 6 heteroatoms.